The van der Waals surface area contributed by atoms with Gasteiger partial charge in [0, 0.05) is 19.1 Å². The van der Waals surface area contributed by atoms with E-state index in [1.165, 1.54) is 4.31 Å². The number of carbonyl (C=O) groups excluding carboxylic acids is 1. The Bertz CT molecular complexity index is 480. The Balaban J connectivity index is 2.11. The van der Waals surface area contributed by atoms with Gasteiger partial charge in [0.1, 0.15) is 6.04 Å². The van der Waals surface area contributed by atoms with Crippen LogP contribution >= 0.6 is 0 Å². The van der Waals surface area contributed by atoms with Crippen LogP contribution in [0, 0.1) is 5.92 Å². The van der Waals surface area contributed by atoms with Crippen molar-refractivity contribution in [2.45, 2.75) is 51.6 Å². The monoisotopic (exact) mass is 317 g/mol. The third kappa shape index (κ3) is 3.40. The van der Waals surface area contributed by atoms with Crippen molar-refractivity contribution in [3.63, 3.8) is 0 Å². The highest BCUT2D eigenvalue weighted by Gasteiger charge is 2.42. The van der Waals surface area contributed by atoms with Crippen LogP contribution < -0.4 is 5.73 Å². The highest BCUT2D eigenvalue weighted by molar-refractivity contribution is 7.89. The molecular formula is C14H27N3O3S. The molecule has 2 heterocycles. The second-order valence-corrected chi connectivity index (χ2v) is 8.30. The van der Waals surface area contributed by atoms with Crippen molar-refractivity contribution < 1.29 is 13.2 Å². The first-order valence-corrected chi connectivity index (χ1v) is 9.51. The minimum Gasteiger partial charge on any atom is -0.338 e. The summed E-state index contributed by atoms with van der Waals surface area (Å²) in [4.78, 5) is 14.6. The largest absolute Gasteiger partial charge is 0.338 e. The van der Waals surface area contributed by atoms with E-state index in [0.717, 1.165) is 12.8 Å². The zero-order chi connectivity index (χ0) is 15.6. The van der Waals surface area contributed by atoms with Gasteiger partial charge in [0.15, 0.2) is 0 Å². The standard InChI is InChI=1S/C14H27N3O3S/c1-3-7-21(19,20)17-6-4-5-13(17)14(18)16-10-12(9-15)8-11(16)2/h11-13H,3-10,15H2,1-2H3. The van der Waals surface area contributed by atoms with E-state index in [1.54, 1.807) is 0 Å². The van der Waals surface area contributed by atoms with Crippen molar-refractivity contribution in [2.75, 3.05) is 25.4 Å². The van der Waals surface area contributed by atoms with Gasteiger partial charge in [-0.2, -0.15) is 4.31 Å². The van der Waals surface area contributed by atoms with E-state index < -0.39 is 16.1 Å². The predicted octanol–water partition coefficient (Wildman–Crippen LogP) is 0.386. The molecule has 0 aromatic rings. The highest BCUT2D eigenvalue weighted by Crippen LogP contribution is 2.28. The summed E-state index contributed by atoms with van der Waals surface area (Å²) in [5, 5.41) is 0. The summed E-state index contributed by atoms with van der Waals surface area (Å²) in [6.45, 7) is 5.58. The summed E-state index contributed by atoms with van der Waals surface area (Å²) < 4.78 is 26.0. The number of sulfonamides is 1. The highest BCUT2D eigenvalue weighted by atomic mass is 32.2. The van der Waals surface area contributed by atoms with Gasteiger partial charge < -0.3 is 10.6 Å². The van der Waals surface area contributed by atoms with Crippen LogP contribution in [0.3, 0.4) is 0 Å². The minimum absolute atomic E-state index is 0.0318. The Morgan fingerprint density at radius 3 is 2.67 bits per heavy atom. The van der Waals surface area contributed by atoms with Crippen LogP contribution in [-0.4, -0.2) is 61.0 Å². The molecule has 6 nitrogen and oxygen atoms in total. The second kappa shape index (κ2) is 6.62. The van der Waals surface area contributed by atoms with Crippen molar-refractivity contribution in [3.05, 3.63) is 0 Å². The molecule has 7 heteroatoms. The van der Waals surface area contributed by atoms with Crippen LogP contribution in [0.2, 0.25) is 0 Å². The molecule has 2 rings (SSSR count). The maximum atomic E-state index is 12.8. The summed E-state index contributed by atoms with van der Waals surface area (Å²) >= 11 is 0. The molecule has 3 atom stereocenters. The molecule has 21 heavy (non-hydrogen) atoms. The molecule has 1 amide bonds. The van der Waals surface area contributed by atoms with Crippen LogP contribution in [0.15, 0.2) is 0 Å². The summed E-state index contributed by atoms with van der Waals surface area (Å²) in [6.07, 6.45) is 2.89. The lowest BCUT2D eigenvalue weighted by molar-refractivity contribution is -0.135. The average Bonchev–Trinajstić information content (AvgIpc) is 3.04. The molecule has 0 bridgehead atoms. The number of rotatable bonds is 5. The Morgan fingerprint density at radius 1 is 1.38 bits per heavy atom. The molecule has 0 radical (unpaired) electrons. The van der Waals surface area contributed by atoms with Crippen molar-refractivity contribution in [1.82, 2.24) is 9.21 Å². The molecule has 3 unspecified atom stereocenters. The van der Waals surface area contributed by atoms with E-state index >= 15 is 0 Å². The third-order valence-corrected chi connectivity index (χ3v) is 6.66. The summed E-state index contributed by atoms with van der Waals surface area (Å²) in [5.74, 6) is 0.430. The third-order valence-electron chi connectivity index (χ3n) is 4.59. The first-order chi connectivity index (χ1) is 9.90. The number of hydrogen-bond acceptors (Lipinski definition) is 4. The lowest BCUT2D eigenvalue weighted by Crippen LogP contribution is -2.49. The van der Waals surface area contributed by atoms with Gasteiger partial charge in [-0.05, 0) is 45.1 Å². The quantitative estimate of drug-likeness (QED) is 0.795. The van der Waals surface area contributed by atoms with Crippen molar-refractivity contribution >= 4 is 15.9 Å². The maximum absolute atomic E-state index is 12.8. The number of amides is 1. The molecule has 0 saturated carbocycles. The van der Waals surface area contributed by atoms with Crippen molar-refractivity contribution in [2.24, 2.45) is 11.7 Å². The van der Waals surface area contributed by atoms with Crippen LogP contribution in [0.1, 0.15) is 39.5 Å². The van der Waals surface area contributed by atoms with E-state index in [9.17, 15) is 13.2 Å². The Hall–Kier alpha value is -0.660. The molecule has 0 aliphatic carbocycles. The summed E-state index contributed by atoms with van der Waals surface area (Å²) in [7, 11) is -3.31. The van der Waals surface area contributed by atoms with E-state index in [-0.39, 0.29) is 17.7 Å². The molecule has 122 valence electrons. The number of carbonyl (C=O) groups is 1. The normalized spacial score (nSPS) is 31.0. The molecule has 2 aliphatic heterocycles. The second-order valence-electron chi connectivity index (χ2n) is 6.26. The Labute approximate surface area is 127 Å². The molecule has 0 aromatic carbocycles. The van der Waals surface area contributed by atoms with E-state index in [4.69, 9.17) is 5.73 Å². The lowest BCUT2D eigenvalue weighted by atomic mass is 10.1. The lowest BCUT2D eigenvalue weighted by Gasteiger charge is -2.29. The number of likely N-dealkylation sites (tertiary alicyclic amines) is 1. The van der Waals surface area contributed by atoms with Gasteiger partial charge in [0.05, 0.1) is 5.75 Å². The fourth-order valence-corrected chi connectivity index (χ4v) is 5.25. The molecular weight excluding hydrogens is 290 g/mol. The number of hydrogen-bond donors (Lipinski definition) is 1. The first-order valence-electron chi connectivity index (χ1n) is 7.90. The fourth-order valence-electron chi connectivity index (χ4n) is 3.51. The topological polar surface area (TPSA) is 83.7 Å². The SMILES string of the molecule is CCCS(=O)(=O)N1CCCC1C(=O)N1CC(CN)CC1C. The van der Waals surface area contributed by atoms with Gasteiger partial charge in [0.2, 0.25) is 15.9 Å². The maximum Gasteiger partial charge on any atom is 0.241 e. The number of nitrogens with zero attached hydrogens (tertiary/aromatic N) is 2. The van der Waals surface area contributed by atoms with Gasteiger partial charge in [-0.15, -0.1) is 0 Å². The Morgan fingerprint density at radius 2 is 2.10 bits per heavy atom. The molecule has 0 spiro atoms. The van der Waals surface area contributed by atoms with Crippen LogP contribution in [0.5, 0.6) is 0 Å². The minimum atomic E-state index is -3.31. The van der Waals surface area contributed by atoms with Gasteiger partial charge in [-0.3, -0.25) is 4.79 Å². The van der Waals surface area contributed by atoms with Gasteiger partial charge in [-0.1, -0.05) is 6.92 Å². The molecule has 2 aliphatic rings. The van der Waals surface area contributed by atoms with E-state index in [1.807, 2.05) is 18.7 Å². The molecule has 2 saturated heterocycles. The van der Waals surface area contributed by atoms with Crippen LogP contribution in [0.4, 0.5) is 0 Å². The van der Waals surface area contributed by atoms with Gasteiger partial charge in [0.25, 0.3) is 0 Å². The van der Waals surface area contributed by atoms with E-state index in [2.05, 4.69) is 0 Å². The summed E-state index contributed by atoms with van der Waals surface area (Å²) in [6, 6.07) is -0.345. The smallest absolute Gasteiger partial charge is 0.241 e. The van der Waals surface area contributed by atoms with Gasteiger partial charge in [-0.25, -0.2) is 8.42 Å². The van der Waals surface area contributed by atoms with Crippen LogP contribution in [-0.2, 0) is 14.8 Å². The number of nitrogens with two attached hydrogens (primary N) is 1. The van der Waals surface area contributed by atoms with Crippen molar-refractivity contribution in [1.29, 1.82) is 0 Å². The average molecular weight is 317 g/mol. The van der Waals surface area contributed by atoms with Crippen molar-refractivity contribution in [3.8, 4) is 0 Å². The van der Waals surface area contributed by atoms with E-state index in [0.29, 0.717) is 38.4 Å². The summed E-state index contributed by atoms with van der Waals surface area (Å²) in [5.41, 5.74) is 5.70. The zero-order valence-corrected chi connectivity index (χ0v) is 13.8. The molecule has 0 aromatic heterocycles. The van der Waals surface area contributed by atoms with Gasteiger partial charge >= 0.3 is 0 Å². The fraction of sp³-hybridized carbons (Fsp3) is 0.929. The Kier molecular flexibility index (Phi) is 5.27. The molecule has 2 fully saturated rings. The first kappa shape index (κ1) is 16.7. The zero-order valence-electron chi connectivity index (χ0n) is 13.0. The molecule has 2 N–H and O–H groups in total. The van der Waals surface area contributed by atoms with Crippen LogP contribution in [0.25, 0.3) is 0 Å². The predicted molar refractivity (Wildman–Crippen MR) is 82.1 cm³/mol.